The van der Waals surface area contributed by atoms with Crippen molar-refractivity contribution >= 4 is 38.6 Å². The average molecular weight is 258 g/mol. The molecule has 13 heavy (non-hydrogen) atoms. The van der Waals surface area contributed by atoms with Crippen LogP contribution in [-0.4, -0.2) is 9.97 Å². The molecule has 0 amide bonds. The first-order valence-corrected chi connectivity index (χ1v) is 5.26. The van der Waals surface area contributed by atoms with Gasteiger partial charge < -0.3 is 0 Å². The Hall–Kier alpha value is -0.670. The van der Waals surface area contributed by atoms with Crippen LogP contribution in [-0.2, 0) is 5.33 Å². The van der Waals surface area contributed by atoms with Crippen LogP contribution in [0.1, 0.15) is 5.56 Å². The lowest BCUT2D eigenvalue weighted by atomic mass is 10.2. The van der Waals surface area contributed by atoms with Gasteiger partial charge in [0.2, 0.25) is 0 Å². The molecule has 0 spiro atoms. The minimum Gasteiger partial charge on any atom is -0.255 e. The van der Waals surface area contributed by atoms with Gasteiger partial charge in [0.15, 0.2) is 0 Å². The van der Waals surface area contributed by atoms with Gasteiger partial charge in [-0.15, -0.1) is 0 Å². The number of fused-ring (bicyclic) bond motifs is 1. The minimum absolute atomic E-state index is 0.617. The quantitative estimate of drug-likeness (QED) is 0.733. The van der Waals surface area contributed by atoms with Gasteiger partial charge in [0.1, 0.15) is 0 Å². The molecular weight excluding hydrogens is 251 g/mol. The van der Waals surface area contributed by atoms with Gasteiger partial charge in [-0.3, -0.25) is 9.97 Å². The van der Waals surface area contributed by atoms with E-state index in [0.29, 0.717) is 5.02 Å². The standard InChI is InChI=1S/C9H6BrClN2/c10-4-6-1-2-12-8-3-7(11)5-13-9(6)8/h1-3,5H,4H2. The van der Waals surface area contributed by atoms with Crippen LogP contribution in [0.3, 0.4) is 0 Å². The number of hydrogen-bond acceptors (Lipinski definition) is 2. The van der Waals surface area contributed by atoms with E-state index >= 15 is 0 Å². The normalized spacial score (nSPS) is 10.6. The highest BCUT2D eigenvalue weighted by molar-refractivity contribution is 9.08. The zero-order chi connectivity index (χ0) is 9.26. The van der Waals surface area contributed by atoms with Crippen molar-refractivity contribution < 1.29 is 0 Å². The summed E-state index contributed by atoms with van der Waals surface area (Å²) < 4.78 is 0. The molecule has 0 saturated carbocycles. The summed E-state index contributed by atoms with van der Waals surface area (Å²) >= 11 is 9.20. The van der Waals surface area contributed by atoms with E-state index in [2.05, 4.69) is 25.9 Å². The molecule has 0 aliphatic rings. The van der Waals surface area contributed by atoms with Crippen molar-refractivity contribution in [1.29, 1.82) is 0 Å². The molecule has 2 aromatic rings. The molecule has 0 unspecified atom stereocenters. The van der Waals surface area contributed by atoms with Crippen molar-refractivity contribution in [1.82, 2.24) is 9.97 Å². The Morgan fingerprint density at radius 2 is 2.23 bits per heavy atom. The van der Waals surface area contributed by atoms with Crippen LogP contribution in [0.2, 0.25) is 5.02 Å². The number of hydrogen-bond donors (Lipinski definition) is 0. The van der Waals surface area contributed by atoms with Gasteiger partial charge in [-0.2, -0.15) is 0 Å². The molecule has 2 rings (SSSR count). The summed E-state index contributed by atoms with van der Waals surface area (Å²) in [7, 11) is 0. The second kappa shape index (κ2) is 3.60. The van der Waals surface area contributed by atoms with Crippen LogP contribution in [0.25, 0.3) is 11.0 Å². The van der Waals surface area contributed by atoms with Crippen molar-refractivity contribution in [2.75, 3.05) is 0 Å². The number of pyridine rings is 2. The Kier molecular flexibility index (Phi) is 2.47. The second-order valence-corrected chi connectivity index (χ2v) is 3.62. The van der Waals surface area contributed by atoms with Crippen LogP contribution in [0.5, 0.6) is 0 Å². The molecule has 0 radical (unpaired) electrons. The average Bonchev–Trinajstić information content (AvgIpc) is 2.16. The molecular formula is C9H6BrClN2. The monoisotopic (exact) mass is 256 g/mol. The van der Waals surface area contributed by atoms with Gasteiger partial charge >= 0.3 is 0 Å². The summed E-state index contributed by atoms with van der Waals surface area (Å²) in [5, 5.41) is 1.40. The van der Waals surface area contributed by atoms with Gasteiger partial charge in [-0.25, -0.2) is 0 Å². The third-order valence-electron chi connectivity index (χ3n) is 1.77. The van der Waals surface area contributed by atoms with Crippen LogP contribution >= 0.6 is 27.5 Å². The topological polar surface area (TPSA) is 25.8 Å². The smallest absolute Gasteiger partial charge is 0.0928 e. The fourth-order valence-corrected chi connectivity index (χ4v) is 1.77. The molecule has 0 aromatic carbocycles. The van der Waals surface area contributed by atoms with E-state index in [1.54, 1.807) is 12.4 Å². The van der Waals surface area contributed by atoms with Crippen LogP contribution in [0, 0.1) is 0 Å². The van der Waals surface area contributed by atoms with E-state index in [-0.39, 0.29) is 0 Å². The summed E-state index contributed by atoms with van der Waals surface area (Å²) in [6, 6.07) is 3.76. The van der Waals surface area contributed by atoms with E-state index in [9.17, 15) is 0 Å². The summed E-state index contributed by atoms with van der Waals surface area (Å²) in [5.74, 6) is 0. The summed E-state index contributed by atoms with van der Waals surface area (Å²) in [4.78, 5) is 8.41. The number of alkyl halides is 1. The highest BCUT2D eigenvalue weighted by atomic mass is 79.9. The number of rotatable bonds is 1. The largest absolute Gasteiger partial charge is 0.255 e. The van der Waals surface area contributed by atoms with Crippen molar-refractivity contribution in [3.05, 3.63) is 35.1 Å². The van der Waals surface area contributed by atoms with Crippen molar-refractivity contribution in [3.8, 4) is 0 Å². The zero-order valence-electron chi connectivity index (χ0n) is 6.67. The Bertz CT molecular complexity index is 445. The van der Waals surface area contributed by atoms with E-state index in [1.165, 1.54) is 0 Å². The highest BCUT2D eigenvalue weighted by Gasteiger charge is 2.01. The Balaban J connectivity index is 2.77. The van der Waals surface area contributed by atoms with Crippen LogP contribution in [0.15, 0.2) is 24.5 Å². The highest BCUT2D eigenvalue weighted by Crippen LogP contribution is 2.19. The third kappa shape index (κ3) is 1.67. The van der Waals surface area contributed by atoms with Gasteiger partial charge in [0, 0.05) is 17.7 Å². The van der Waals surface area contributed by atoms with Gasteiger partial charge in [-0.1, -0.05) is 27.5 Å². The maximum atomic E-state index is 5.80. The first kappa shape index (κ1) is 8.91. The SMILES string of the molecule is Clc1cnc2c(CBr)ccnc2c1. The van der Waals surface area contributed by atoms with Crippen molar-refractivity contribution in [2.24, 2.45) is 0 Å². The lowest BCUT2D eigenvalue weighted by Crippen LogP contribution is -1.87. The first-order valence-electron chi connectivity index (χ1n) is 3.76. The molecule has 0 N–H and O–H groups in total. The molecule has 0 bridgehead atoms. The fraction of sp³-hybridized carbons (Fsp3) is 0.111. The first-order chi connectivity index (χ1) is 6.31. The van der Waals surface area contributed by atoms with Crippen LogP contribution < -0.4 is 0 Å². The molecule has 0 fully saturated rings. The molecule has 4 heteroatoms. The molecule has 0 saturated heterocycles. The molecule has 2 heterocycles. The van der Waals surface area contributed by atoms with E-state index < -0.39 is 0 Å². The molecule has 0 atom stereocenters. The predicted molar refractivity (Wildman–Crippen MR) is 57.2 cm³/mol. The maximum absolute atomic E-state index is 5.80. The summed E-state index contributed by atoms with van der Waals surface area (Å²) in [6.07, 6.45) is 3.40. The van der Waals surface area contributed by atoms with Gasteiger partial charge in [-0.05, 0) is 17.7 Å². The Labute approximate surface area is 89.1 Å². The second-order valence-electron chi connectivity index (χ2n) is 2.62. The van der Waals surface area contributed by atoms with Crippen LogP contribution in [0.4, 0.5) is 0 Å². The van der Waals surface area contributed by atoms with E-state index in [0.717, 1.165) is 21.9 Å². The van der Waals surface area contributed by atoms with Gasteiger partial charge in [0.05, 0.1) is 16.1 Å². The van der Waals surface area contributed by atoms with E-state index in [4.69, 9.17) is 11.6 Å². The maximum Gasteiger partial charge on any atom is 0.0928 e. The third-order valence-corrected chi connectivity index (χ3v) is 2.58. The number of nitrogens with zero attached hydrogens (tertiary/aromatic N) is 2. The fourth-order valence-electron chi connectivity index (χ4n) is 1.17. The Morgan fingerprint density at radius 1 is 1.38 bits per heavy atom. The molecule has 2 nitrogen and oxygen atoms in total. The molecule has 0 aliphatic heterocycles. The zero-order valence-corrected chi connectivity index (χ0v) is 9.01. The summed E-state index contributed by atoms with van der Waals surface area (Å²) in [6.45, 7) is 0. The predicted octanol–water partition coefficient (Wildman–Crippen LogP) is 3.18. The lowest BCUT2D eigenvalue weighted by Gasteiger charge is -2.00. The molecule has 2 aromatic heterocycles. The number of halogens is 2. The minimum atomic E-state index is 0.617. The lowest BCUT2D eigenvalue weighted by molar-refractivity contribution is 1.29. The van der Waals surface area contributed by atoms with E-state index in [1.807, 2.05) is 12.1 Å². The molecule has 0 aliphatic carbocycles. The van der Waals surface area contributed by atoms with Crippen molar-refractivity contribution in [2.45, 2.75) is 5.33 Å². The number of aromatic nitrogens is 2. The van der Waals surface area contributed by atoms with Gasteiger partial charge in [0.25, 0.3) is 0 Å². The van der Waals surface area contributed by atoms with Crippen molar-refractivity contribution in [3.63, 3.8) is 0 Å². The Morgan fingerprint density at radius 3 is 3.00 bits per heavy atom. The molecule has 66 valence electrons. The summed E-state index contributed by atoms with van der Waals surface area (Å²) in [5.41, 5.74) is 2.87.